The standard InChI is InChI=1S/C12H6BrCl3O3S/c13-7-3-1-6(2-4-7)10-11(15)8(14)5-9(12(10)16)20(17,18)19/h1-5H,(H,17,18,19). The molecule has 0 aliphatic rings. The Morgan fingerprint density at radius 1 is 1.00 bits per heavy atom. The molecule has 0 aliphatic carbocycles. The highest BCUT2D eigenvalue weighted by molar-refractivity contribution is 9.10. The summed E-state index contributed by atoms with van der Waals surface area (Å²) in [5.41, 5.74) is 0.830. The fraction of sp³-hybridized carbons (Fsp3) is 0. The Bertz CT molecular complexity index is 774. The highest BCUT2D eigenvalue weighted by Crippen LogP contribution is 2.43. The third-order valence-electron chi connectivity index (χ3n) is 2.53. The fourth-order valence-electron chi connectivity index (χ4n) is 1.64. The zero-order valence-corrected chi connectivity index (χ0v) is 14.2. The van der Waals surface area contributed by atoms with Crippen molar-refractivity contribution in [3.63, 3.8) is 0 Å². The van der Waals surface area contributed by atoms with Crippen molar-refractivity contribution in [1.29, 1.82) is 0 Å². The minimum Gasteiger partial charge on any atom is -0.282 e. The second-order valence-corrected chi connectivity index (χ2v) is 7.31. The van der Waals surface area contributed by atoms with Gasteiger partial charge in [-0.1, -0.05) is 62.9 Å². The lowest BCUT2D eigenvalue weighted by atomic mass is 10.1. The lowest BCUT2D eigenvalue weighted by Gasteiger charge is -2.12. The van der Waals surface area contributed by atoms with Gasteiger partial charge in [0.15, 0.2) is 0 Å². The van der Waals surface area contributed by atoms with Crippen molar-refractivity contribution in [3.05, 3.63) is 49.9 Å². The van der Waals surface area contributed by atoms with Gasteiger partial charge in [0, 0.05) is 10.0 Å². The van der Waals surface area contributed by atoms with Crippen molar-refractivity contribution in [2.75, 3.05) is 0 Å². The van der Waals surface area contributed by atoms with Crippen LogP contribution in [0.1, 0.15) is 0 Å². The number of hydrogen-bond acceptors (Lipinski definition) is 2. The normalized spacial score (nSPS) is 11.7. The van der Waals surface area contributed by atoms with E-state index in [1.54, 1.807) is 24.3 Å². The summed E-state index contributed by atoms with van der Waals surface area (Å²) in [6.07, 6.45) is 0. The molecule has 2 rings (SSSR count). The summed E-state index contributed by atoms with van der Waals surface area (Å²) in [7, 11) is -4.50. The van der Waals surface area contributed by atoms with Gasteiger partial charge in [-0.05, 0) is 23.8 Å². The molecule has 0 saturated carbocycles. The number of rotatable bonds is 2. The van der Waals surface area contributed by atoms with E-state index in [2.05, 4.69) is 15.9 Å². The van der Waals surface area contributed by atoms with Gasteiger partial charge in [0.2, 0.25) is 0 Å². The first-order valence-electron chi connectivity index (χ1n) is 5.12. The van der Waals surface area contributed by atoms with Gasteiger partial charge >= 0.3 is 0 Å². The van der Waals surface area contributed by atoms with Crippen molar-refractivity contribution in [1.82, 2.24) is 0 Å². The Labute approximate surface area is 139 Å². The Morgan fingerprint density at radius 2 is 1.55 bits per heavy atom. The summed E-state index contributed by atoms with van der Waals surface area (Å²) in [5, 5.41) is -0.0720. The van der Waals surface area contributed by atoms with Gasteiger partial charge in [-0.15, -0.1) is 0 Å². The Kier molecular flexibility index (Phi) is 4.69. The maximum Gasteiger partial charge on any atom is 0.296 e. The van der Waals surface area contributed by atoms with E-state index in [0.717, 1.165) is 10.5 Å². The molecule has 8 heteroatoms. The van der Waals surface area contributed by atoms with Crippen molar-refractivity contribution in [2.24, 2.45) is 0 Å². The average molecular weight is 417 g/mol. The number of hydrogen-bond donors (Lipinski definition) is 1. The summed E-state index contributed by atoms with van der Waals surface area (Å²) < 4.78 is 32.7. The largest absolute Gasteiger partial charge is 0.296 e. The fourth-order valence-corrected chi connectivity index (χ4v) is 3.62. The summed E-state index contributed by atoms with van der Waals surface area (Å²) in [6, 6.07) is 7.90. The van der Waals surface area contributed by atoms with Crippen LogP contribution in [0.4, 0.5) is 0 Å². The average Bonchev–Trinajstić information content (AvgIpc) is 2.35. The first kappa shape index (κ1) is 16.1. The molecule has 20 heavy (non-hydrogen) atoms. The zero-order valence-electron chi connectivity index (χ0n) is 9.57. The van der Waals surface area contributed by atoms with E-state index in [9.17, 15) is 13.0 Å². The first-order chi connectivity index (χ1) is 9.21. The monoisotopic (exact) mass is 414 g/mol. The molecular formula is C12H6BrCl3O3S. The molecule has 0 radical (unpaired) electrons. The van der Waals surface area contributed by atoms with Crippen LogP contribution in [0.2, 0.25) is 15.1 Å². The molecule has 0 fully saturated rings. The van der Waals surface area contributed by atoms with Crippen LogP contribution in [0.25, 0.3) is 11.1 Å². The second-order valence-electron chi connectivity index (χ2n) is 3.84. The third-order valence-corrected chi connectivity index (χ3v) is 5.23. The number of benzene rings is 2. The van der Waals surface area contributed by atoms with Crippen molar-refractivity contribution in [2.45, 2.75) is 4.90 Å². The van der Waals surface area contributed by atoms with E-state index in [1.807, 2.05) is 0 Å². The van der Waals surface area contributed by atoms with Crippen LogP contribution in [-0.4, -0.2) is 13.0 Å². The molecule has 2 aromatic rings. The van der Waals surface area contributed by atoms with E-state index in [-0.39, 0.29) is 20.6 Å². The maximum absolute atomic E-state index is 11.3. The van der Waals surface area contributed by atoms with Gasteiger partial charge in [0.05, 0.1) is 15.1 Å². The van der Waals surface area contributed by atoms with Crippen LogP contribution in [0, 0.1) is 0 Å². The molecule has 0 spiro atoms. The van der Waals surface area contributed by atoms with E-state index in [1.165, 1.54) is 0 Å². The third kappa shape index (κ3) is 3.13. The van der Waals surface area contributed by atoms with E-state index >= 15 is 0 Å². The molecule has 0 heterocycles. The molecule has 0 amide bonds. The van der Waals surface area contributed by atoms with Crippen molar-refractivity contribution in [3.8, 4) is 11.1 Å². The van der Waals surface area contributed by atoms with Gasteiger partial charge in [-0.2, -0.15) is 8.42 Å². The smallest absolute Gasteiger partial charge is 0.282 e. The van der Waals surface area contributed by atoms with Crippen LogP contribution >= 0.6 is 50.7 Å². The quantitative estimate of drug-likeness (QED) is 0.532. The van der Waals surface area contributed by atoms with Crippen LogP contribution < -0.4 is 0 Å². The molecule has 0 unspecified atom stereocenters. The lowest BCUT2D eigenvalue weighted by Crippen LogP contribution is -2.01. The minimum absolute atomic E-state index is 0.0124. The molecule has 2 aromatic carbocycles. The molecule has 1 N–H and O–H groups in total. The second kappa shape index (κ2) is 5.83. The lowest BCUT2D eigenvalue weighted by molar-refractivity contribution is 0.483. The van der Waals surface area contributed by atoms with Gasteiger partial charge in [-0.25, -0.2) is 0 Å². The van der Waals surface area contributed by atoms with Gasteiger partial charge < -0.3 is 0 Å². The zero-order chi connectivity index (χ0) is 15.1. The van der Waals surface area contributed by atoms with E-state index in [4.69, 9.17) is 34.8 Å². The van der Waals surface area contributed by atoms with Crippen LogP contribution in [0.5, 0.6) is 0 Å². The Morgan fingerprint density at radius 3 is 2.05 bits per heavy atom. The van der Waals surface area contributed by atoms with Crippen molar-refractivity contribution < 1.29 is 13.0 Å². The molecule has 0 bridgehead atoms. The maximum atomic E-state index is 11.3. The summed E-state index contributed by atoms with van der Waals surface area (Å²) >= 11 is 21.3. The molecule has 106 valence electrons. The highest BCUT2D eigenvalue weighted by Gasteiger charge is 2.23. The predicted octanol–water partition coefficient (Wildman–Crippen LogP) is 5.32. The van der Waals surface area contributed by atoms with Gasteiger partial charge in [-0.3, -0.25) is 4.55 Å². The van der Waals surface area contributed by atoms with Crippen LogP contribution in [0.3, 0.4) is 0 Å². The van der Waals surface area contributed by atoms with Gasteiger partial charge in [0.1, 0.15) is 4.90 Å². The molecule has 0 atom stereocenters. The molecule has 0 aromatic heterocycles. The molecule has 0 aliphatic heterocycles. The SMILES string of the molecule is O=S(=O)(O)c1cc(Cl)c(Cl)c(-c2ccc(Br)cc2)c1Cl. The Hall–Kier alpha value is -0.300. The van der Waals surface area contributed by atoms with Crippen LogP contribution in [-0.2, 0) is 10.1 Å². The topological polar surface area (TPSA) is 54.4 Å². The molecule has 3 nitrogen and oxygen atoms in total. The van der Waals surface area contributed by atoms with Gasteiger partial charge in [0.25, 0.3) is 10.1 Å². The minimum atomic E-state index is -4.50. The predicted molar refractivity (Wildman–Crippen MR) is 84.4 cm³/mol. The number of halogens is 4. The van der Waals surface area contributed by atoms with E-state index in [0.29, 0.717) is 5.56 Å². The summed E-state index contributed by atoms with van der Waals surface area (Å²) in [5.74, 6) is 0. The van der Waals surface area contributed by atoms with E-state index < -0.39 is 15.0 Å². The summed E-state index contributed by atoms with van der Waals surface area (Å²) in [6.45, 7) is 0. The summed E-state index contributed by atoms with van der Waals surface area (Å²) in [4.78, 5) is -0.480. The highest BCUT2D eigenvalue weighted by atomic mass is 79.9. The van der Waals surface area contributed by atoms with Crippen molar-refractivity contribution >= 4 is 60.9 Å². The van der Waals surface area contributed by atoms with Crippen LogP contribution in [0.15, 0.2) is 39.7 Å². The molecule has 0 saturated heterocycles. The Balaban J connectivity index is 2.82. The first-order valence-corrected chi connectivity index (χ1v) is 8.49. The molecular weight excluding hydrogens is 410 g/mol.